The van der Waals surface area contributed by atoms with Crippen molar-refractivity contribution in [3.63, 3.8) is 0 Å². The average molecular weight is 674 g/mol. The summed E-state index contributed by atoms with van der Waals surface area (Å²) in [6.07, 6.45) is 5.68. The third kappa shape index (κ3) is 6.99. The predicted octanol–water partition coefficient (Wildman–Crippen LogP) is 6.78. The second-order valence-corrected chi connectivity index (χ2v) is 15.9. The zero-order chi connectivity index (χ0) is 34.3. The van der Waals surface area contributed by atoms with Crippen molar-refractivity contribution in [3.05, 3.63) is 89.3 Å². The molecule has 12 heteroatoms. The molecule has 252 valence electrons. The third-order valence-electron chi connectivity index (χ3n) is 9.30. The van der Waals surface area contributed by atoms with E-state index in [1.807, 2.05) is 38.1 Å². The number of ether oxygens (including phenoxy) is 1. The predicted molar refractivity (Wildman–Crippen MR) is 181 cm³/mol. The Morgan fingerprint density at radius 2 is 1.94 bits per heavy atom. The van der Waals surface area contributed by atoms with Gasteiger partial charge in [-0.3, -0.25) is 9.78 Å². The van der Waals surface area contributed by atoms with E-state index in [0.717, 1.165) is 11.1 Å². The van der Waals surface area contributed by atoms with Crippen LogP contribution in [0, 0.1) is 11.2 Å². The molecule has 0 saturated heterocycles. The van der Waals surface area contributed by atoms with Gasteiger partial charge in [0.15, 0.2) is 33.1 Å². The smallest absolute Gasteiger partial charge is 0.303 e. The number of pyridine rings is 1. The van der Waals surface area contributed by atoms with Crippen molar-refractivity contribution in [3.8, 4) is 23.0 Å². The number of hydrogen-bond donors (Lipinski definition) is 2. The monoisotopic (exact) mass is 673 g/mol. The number of hydrogen-bond acceptors (Lipinski definition) is 7. The molecule has 6 rings (SSSR count). The van der Waals surface area contributed by atoms with Crippen LogP contribution in [0.3, 0.4) is 0 Å². The summed E-state index contributed by atoms with van der Waals surface area (Å²) < 4.78 is 50.7. The van der Waals surface area contributed by atoms with Crippen LogP contribution in [0.15, 0.2) is 60.9 Å². The molecule has 2 aromatic carbocycles. The van der Waals surface area contributed by atoms with Crippen molar-refractivity contribution in [2.45, 2.75) is 64.7 Å². The molecule has 0 spiro atoms. The van der Waals surface area contributed by atoms with Crippen molar-refractivity contribution < 1.29 is 27.4 Å². The number of nitrogens with one attached hydrogen (secondary N) is 1. The van der Waals surface area contributed by atoms with Crippen LogP contribution in [-0.2, 0) is 39.9 Å². The Balaban J connectivity index is 1.47. The van der Waals surface area contributed by atoms with E-state index in [4.69, 9.17) is 14.8 Å². The van der Waals surface area contributed by atoms with Crippen LogP contribution in [0.4, 0.5) is 4.39 Å². The number of benzene rings is 2. The van der Waals surface area contributed by atoms with Gasteiger partial charge in [0.1, 0.15) is 11.4 Å². The first-order chi connectivity index (χ1) is 22.7. The number of aliphatic carboxylic acids is 1. The molecule has 1 aliphatic heterocycles. The van der Waals surface area contributed by atoms with Gasteiger partial charge >= 0.3 is 5.97 Å². The Morgan fingerprint density at radius 3 is 2.73 bits per heavy atom. The van der Waals surface area contributed by atoms with Gasteiger partial charge < -0.3 is 14.8 Å². The van der Waals surface area contributed by atoms with Crippen molar-refractivity contribution in [1.82, 2.24) is 24.7 Å². The number of carboxylic acids is 1. The maximum absolute atomic E-state index is 15.6. The number of nitrogens with zero attached hydrogens (tertiary/aromatic N) is 4. The largest absolute Gasteiger partial charge is 0.481 e. The lowest BCUT2D eigenvalue weighted by Gasteiger charge is -2.30. The molecule has 3 aromatic heterocycles. The molecule has 0 aliphatic carbocycles. The minimum absolute atomic E-state index is 0.0172. The minimum atomic E-state index is -3.54. The van der Waals surface area contributed by atoms with Gasteiger partial charge in [-0.15, -0.1) is 0 Å². The quantitative estimate of drug-likeness (QED) is 0.213. The Bertz CT molecular complexity index is 2100. The Labute approximate surface area is 279 Å². The number of carboxylic acid groups (broad SMARTS) is 1. The van der Waals surface area contributed by atoms with Crippen molar-refractivity contribution in [1.29, 1.82) is 0 Å². The molecule has 0 saturated carbocycles. The van der Waals surface area contributed by atoms with Crippen LogP contribution in [0.1, 0.15) is 69.0 Å². The fraction of sp³-hybridized carbons (Fsp3) is 0.389. The number of H-pyrrole nitrogens is 1. The zero-order valence-electron chi connectivity index (χ0n) is 27.6. The highest BCUT2D eigenvalue weighted by molar-refractivity contribution is 7.91. The summed E-state index contributed by atoms with van der Waals surface area (Å²) in [6.45, 7) is 5.99. The fourth-order valence-corrected chi connectivity index (χ4v) is 8.76. The molecule has 1 unspecified atom stereocenters. The number of halogens is 1. The fourth-order valence-electron chi connectivity index (χ4n) is 6.76. The molecule has 0 fully saturated rings. The van der Waals surface area contributed by atoms with Crippen LogP contribution >= 0.6 is 0 Å². The van der Waals surface area contributed by atoms with E-state index in [1.165, 1.54) is 6.07 Å². The molecule has 2 N–H and O–H groups in total. The lowest BCUT2D eigenvalue weighted by atomic mass is 9.75. The van der Waals surface area contributed by atoms with Crippen LogP contribution in [0.25, 0.3) is 22.4 Å². The van der Waals surface area contributed by atoms with E-state index in [1.54, 1.807) is 42.3 Å². The normalized spacial score (nSPS) is 19.5. The first-order valence-electron chi connectivity index (χ1n) is 16.1. The van der Waals surface area contributed by atoms with Crippen molar-refractivity contribution in [2.24, 2.45) is 12.5 Å². The molecular formula is C36H40FN5O5S. The molecule has 4 heterocycles. The van der Waals surface area contributed by atoms with E-state index in [9.17, 15) is 18.3 Å². The van der Waals surface area contributed by atoms with Crippen molar-refractivity contribution >= 4 is 26.7 Å². The molecule has 48 heavy (non-hydrogen) atoms. The summed E-state index contributed by atoms with van der Waals surface area (Å²) in [5.74, 6) is -0.298. The zero-order valence-corrected chi connectivity index (χ0v) is 28.4. The van der Waals surface area contributed by atoms with E-state index in [-0.39, 0.29) is 30.1 Å². The molecule has 1 aliphatic rings. The van der Waals surface area contributed by atoms with Gasteiger partial charge in [-0.25, -0.2) is 22.5 Å². The molecule has 10 nitrogen and oxygen atoms in total. The highest BCUT2D eigenvalue weighted by atomic mass is 32.2. The van der Waals surface area contributed by atoms with E-state index >= 15 is 4.39 Å². The van der Waals surface area contributed by atoms with Gasteiger partial charge in [-0.2, -0.15) is 5.10 Å². The summed E-state index contributed by atoms with van der Waals surface area (Å²) in [6, 6.07) is 14.3. The van der Waals surface area contributed by atoms with Gasteiger partial charge in [-0.05, 0) is 61.3 Å². The van der Waals surface area contributed by atoms with E-state index < -0.39 is 32.5 Å². The third-order valence-corrected chi connectivity index (χ3v) is 11.3. The molecule has 5 aromatic rings. The Kier molecular flexibility index (Phi) is 8.88. The van der Waals surface area contributed by atoms with Gasteiger partial charge in [0, 0.05) is 54.5 Å². The summed E-state index contributed by atoms with van der Waals surface area (Å²) >= 11 is 0. The summed E-state index contributed by atoms with van der Waals surface area (Å²) in [4.78, 5) is 23.9. The number of aromatic amines is 1. The maximum Gasteiger partial charge on any atom is 0.303 e. The standard InChI is InChI=1S/C36H40FN5O5S/c1-35(2)14-6-15-36(3,24-8-5-7-23(19-24)9-10-31(43)44)34-40-33(42(4)41-34)30-20-25(11-16-39-30)47-32-27(13-18-48(45,46)22-35)26-12-17-38-29(26)21-28(32)37/h5,7-8,11-12,16-17,19-21,38H,6,9-10,13-15,18,22H2,1-4H3,(H,43,44). The second-order valence-electron chi connectivity index (χ2n) is 13.8. The average Bonchev–Trinajstić information content (AvgIpc) is 3.65. The Hall–Kier alpha value is -4.58. The molecule has 4 bridgehead atoms. The van der Waals surface area contributed by atoms with Crippen LogP contribution in [0.2, 0.25) is 0 Å². The number of fused-ring (bicyclic) bond motifs is 8. The molecule has 0 amide bonds. The van der Waals surface area contributed by atoms with E-state index in [0.29, 0.717) is 65.2 Å². The number of aromatic nitrogens is 5. The first kappa shape index (κ1) is 33.3. The summed E-state index contributed by atoms with van der Waals surface area (Å²) in [5.41, 5.74) is 2.13. The number of carbonyl (C=O) groups is 1. The molecular weight excluding hydrogens is 633 g/mol. The molecule has 1 atom stereocenters. The van der Waals surface area contributed by atoms with Crippen molar-refractivity contribution in [2.75, 3.05) is 11.5 Å². The highest BCUT2D eigenvalue weighted by Crippen LogP contribution is 2.40. The topological polar surface area (TPSA) is 140 Å². The SMILES string of the molecule is Cn1nc2nc1-c1cc(ccn1)Oc1c(F)cc3[nH]ccc3c1CCS(=O)(=O)CC(C)(C)CCCC2(C)c1cccc(CCC(=O)O)c1. The van der Waals surface area contributed by atoms with Gasteiger partial charge in [0.2, 0.25) is 0 Å². The minimum Gasteiger partial charge on any atom is -0.481 e. The lowest BCUT2D eigenvalue weighted by molar-refractivity contribution is -0.136. The number of sulfone groups is 1. The van der Waals surface area contributed by atoms with Crippen LogP contribution in [0.5, 0.6) is 11.5 Å². The number of rotatable bonds is 4. The molecule has 0 radical (unpaired) electrons. The van der Waals surface area contributed by atoms with Crippen LogP contribution in [-0.4, -0.2) is 55.7 Å². The maximum atomic E-state index is 15.6. The summed E-state index contributed by atoms with van der Waals surface area (Å²) in [7, 11) is -1.75. The first-order valence-corrected chi connectivity index (χ1v) is 17.9. The highest BCUT2D eigenvalue weighted by Gasteiger charge is 2.36. The Morgan fingerprint density at radius 1 is 1.12 bits per heavy atom. The lowest BCUT2D eigenvalue weighted by Crippen LogP contribution is -2.29. The number of aryl methyl sites for hydroxylation is 3. The summed E-state index contributed by atoms with van der Waals surface area (Å²) in [5, 5.41) is 14.8. The van der Waals surface area contributed by atoms with E-state index in [2.05, 4.69) is 16.9 Å². The van der Waals surface area contributed by atoms with Gasteiger partial charge in [0.05, 0.1) is 16.9 Å². The van der Waals surface area contributed by atoms with Gasteiger partial charge in [0.25, 0.3) is 0 Å². The van der Waals surface area contributed by atoms with Crippen LogP contribution < -0.4 is 4.74 Å². The second kappa shape index (κ2) is 12.8. The van der Waals surface area contributed by atoms with Gasteiger partial charge in [-0.1, -0.05) is 44.5 Å².